The molecule has 178 valence electrons. The molecule has 1 aliphatic rings. The number of thioether (sulfide) groups is 1. The van der Waals surface area contributed by atoms with Gasteiger partial charge in [-0.05, 0) is 43.5 Å². The fourth-order valence-corrected chi connectivity index (χ4v) is 5.44. The minimum absolute atomic E-state index is 0.0525. The lowest BCUT2D eigenvalue weighted by Gasteiger charge is -2.25. The van der Waals surface area contributed by atoms with Gasteiger partial charge >= 0.3 is 5.97 Å². The summed E-state index contributed by atoms with van der Waals surface area (Å²) in [5.41, 5.74) is 1.19. The number of anilines is 2. The molecule has 11 heteroatoms. The number of carbonyl (C=O) groups is 2. The number of fused-ring (bicyclic) bond motifs is 1. The van der Waals surface area contributed by atoms with E-state index in [0.29, 0.717) is 26.8 Å². The van der Waals surface area contributed by atoms with Crippen LogP contribution in [-0.4, -0.2) is 52.4 Å². The Hall–Kier alpha value is -3.18. The van der Waals surface area contributed by atoms with Gasteiger partial charge in [-0.25, -0.2) is 9.78 Å². The van der Waals surface area contributed by atoms with Gasteiger partial charge in [-0.3, -0.25) is 14.2 Å². The SMILES string of the molecule is C=CCn1c(SCC(=O)Nc2ccc(C(=O)OC)cc2)nc2nc(N3CCCCC3)sc2c1=O. The lowest BCUT2D eigenvalue weighted by atomic mass is 10.1. The molecular formula is C23H25N5O4S2. The Kier molecular flexibility index (Phi) is 7.63. The van der Waals surface area contributed by atoms with Crippen LogP contribution in [0, 0.1) is 0 Å². The molecular weight excluding hydrogens is 474 g/mol. The quantitative estimate of drug-likeness (QED) is 0.217. The van der Waals surface area contributed by atoms with E-state index in [1.54, 1.807) is 30.3 Å². The zero-order valence-electron chi connectivity index (χ0n) is 18.8. The van der Waals surface area contributed by atoms with Gasteiger partial charge in [0, 0.05) is 25.3 Å². The number of aromatic nitrogens is 3. The number of hydrogen-bond donors (Lipinski definition) is 1. The second-order valence-electron chi connectivity index (χ2n) is 7.70. The van der Waals surface area contributed by atoms with Crippen LogP contribution in [-0.2, 0) is 16.1 Å². The lowest BCUT2D eigenvalue weighted by Crippen LogP contribution is -2.29. The van der Waals surface area contributed by atoms with Crippen molar-refractivity contribution in [1.29, 1.82) is 0 Å². The second-order valence-corrected chi connectivity index (χ2v) is 9.62. The third kappa shape index (κ3) is 5.31. The van der Waals surface area contributed by atoms with E-state index in [1.807, 2.05) is 0 Å². The summed E-state index contributed by atoms with van der Waals surface area (Å²) in [6.07, 6.45) is 5.08. The van der Waals surface area contributed by atoms with Gasteiger partial charge in [0.2, 0.25) is 5.91 Å². The van der Waals surface area contributed by atoms with Gasteiger partial charge in [-0.15, -0.1) is 6.58 Å². The molecule has 0 unspecified atom stereocenters. The van der Waals surface area contributed by atoms with Gasteiger partial charge in [-0.2, -0.15) is 4.98 Å². The van der Waals surface area contributed by atoms with E-state index in [2.05, 4.69) is 31.5 Å². The molecule has 9 nitrogen and oxygen atoms in total. The molecule has 0 bridgehead atoms. The summed E-state index contributed by atoms with van der Waals surface area (Å²) in [7, 11) is 1.31. The summed E-state index contributed by atoms with van der Waals surface area (Å²) in [4.78, 5) is 48.7. The number of nitrogens with zero attached hydrogens (tertiary/aromatic N) is 4. The Balaban J connectivity index is 1.50. The van der Waals surface area contributed by atoms with Crippen LogP contribution in [0.1, 0.15) is 29.6 Å². The van der Waals surface area contributed by atoms with Crippen LogP contribution in [0.3, 0.4) is 0 Å². The number of esters is 1. The first-order valence-corrected chi connectivity index (χ1v) is 12.7. The number of piperidine rings is 1. The lowest BCUT2D eigenvalue weighted by molar-refractivity contribution is -0.113. The average Bonchev–Trinajstić information content (AvgIpc) is 3.30. The molecule has 3 heterocycles. The molecule has 4 rings (SSSR count). The third-order valence-corrected chi connectivity index (χ3v) is 7.40. The van der Waals surface area contributed by atoms with E-state index in [9.17, 15) is 14.4 Å². The fraction of sp³-hybridized carbons (Fsp3) is 0.348. The normalized spacial score (nSPS) is 13.6. The minimum atomic E-state index is -0.444. The van der Waals surface area contributed by atoms with Crippen molar-refractivity contribution in [3.05, 3.63) is 52.8 Å². The van der Waals surface area contributed by atoms with Gasteiger partial charge in [-0.1, -0.05) is 29.2 Å². The number of allylic oxidation sites excluding steroid dienone is 1. The standard InChI is InChI=1S/C23H25N5O4S2/c1-3-11-28-20(30)18-19(25-22(34-18)27-12-5-4-6-13-27)26-23(28)33-14-17(29)24-16-9-7-15(8-10-16)21(31)32-2/h3,7-10H,1,4-6,11-14H2,2H3,(H,24,29). The van der Waals surface area contributed by atoms with Crippen molar-refractivity contribution in [2.75, 3.05) is 36.2 Å². The van der Waals surface area contributed by atoms with Gasteiger partial charge < -0.3 is 15.0 Å². The molecule has 1 saturated heterocycles. The maximum Gasteiger partial charge on any atom is 0.337 e. The van der Waals surface area contributed by atoms with E-state index in [-0.39, 0.29) is 23.8 Å². The second kappa shape index (κ2) is 10.8. The predicted molar refractivity (Wildman–Crippen MR) is 135 cm³/mol. The Labute approximate surface area is 204 Å². The first kappa shape index (κ1) is 24.0. The van der Waals surface area contributed by atoms with E-state index >= 15 is 0 Å². The van der Waals surface area contributed by atoms with Crippen LogP contribution < -0.4 is 15.8 Å². The highest BCUT2D eigenvalue weighted by molar-refractivity contribution is 7.99. The summed E-state index contributed by atoms with van der Waals surface area (Å²) < 4.78 is 6.71. The largest absolute Gasteiger partial charge is 0.465 e. The fourth-order valence-electron chi connectivity index (χ4n) is 3.63. The van der Waals surface area contributed by atoms with Crippen LogP contribution in [0.2, 0.25) is 0 Å². The first-order chi connectivity index (χ1) is 16.5. The molecule has 0 radical (unpaired) electrons. The topological polar surface area (TPSA) is 106 Å². The van der Waals surface area contributed by atoms with Crippen LogP contribution in [0.15, 0.2) is 46.9 Å². The molecule has 2 aromatic heterocycles. The van der Waals surface area contributed by atoms with Crippen LogP contribution >= 0.6 is 23.1 Å². The molecule has 1 aliphatic heterocycles. The van der Waals surface area contributed by atoms with Crippen LogP contribution in [0.5, 0.6) is 0 Å². The first-order valence-electron chi connectivity index (χ1n) is 10.9. The molecule has 34 heavy (non-hydrogen) atoms. The van der Waals surface area contributed by atoms with Crippen molar-refractivity contribution in [3.8, 4) is 0 Å². The monoisotopic (exact) mass is 499 g/mol. The smallest absolute Gasteiger partial charge is 0.337 e. The number of benzene rings is 1. The molecule has 1 aromatic carbocycles. The number of rotatable bonds is 8. The zero-order valence-corrected chi connectivity index (χ0v) is 20.4. The van der Waals surface area contributed by atoms with Crippen molar-refractivity contribution < 1.29 is 14.3 Å². The van der Waals surface area contributed by atoms with Gasteiger partial charge in [0.15, 0.2) is 15.9 Å². The van der Waals surface area contributed by atoms with Crippen LogP contribution in [0.25, 0.3) is 10.3 Å². The Morgan fingerprint density at radius 2 is 1.94 bits per heavy atom. The van der Waals surface area contributed by atoms with E-state index in [1.165, 1.54) is 41.2 Å². The number of amides is 1. The number of nitrogens with one attached hydrogen (secondary N) is 1. The molecule has 0 aliphatic carbocycles. The Bertz CT molecular complexity index is 1260. The van der Waals surface area contributed by atoms with Crippen molar-refractivity contribution >= 4 is 56.1 Å². The predicted octanol–water partition coefficient (Wildman–Crippen LogP) is 3.55. The molecule has 1 amide bonds. The Morgan fingerprint density at radius 3 is 2.62 bits per heavy atom. The van der Waals surface area contributed by atoms with E-state index in [4.69, 9.17) is 0 Å². The summed E-state index contributed by atoms with van der Waals surface area (Å²) >= 11 is 2.54. The zero-order chi connectivity index (χ0) is 24.1. The van der Waals surface area contributed by atoms with Crippen molar-refractivity contribution in [2.24, 2.45) is 0 Å². The van der Waals surface area contributed by atoms with Crippen molar-refractivity contribution in [2.45, 2.75) is 31.0 Å². The third-order valence-electron chi connectivity index (χ3n) is 5.33. The highest BCUT2D eigenvalue weighted by Gasteiger charge is 2.20. The van der Waals surface area contributed by atoms with Crippen LogP contribution in [0.4, 0.5) is 10.8 Å². The molecule has 1 fully saturated rings. The molecule has 0 atom stereocenters. The number of ether oxygens (including phenoxy) is 1. The number of hydrogen-bond acceptors (Lipinski definition) is 9. The molecule has 3 aromatic rings. The summed E-state index contributed by atoms with van der Waals surface area (Å²) in [6, 6.07) is 6.41. The average molecular weight is 500 g/mol. The van der Waals surface area contributed by atoms with E-state index < -0.39 is 5.97 Å². The van der Waals surface area contributed by atoms with Gasteiger partial charge in [0.25, 0.3) is 5.56 Å². The van der Waals surface area contributed by atoms with Crippen molar-refractivity contribution in [1.82, 2.24) is 14.5 Å². The molecule has 1 N–H and O–H groups in total. The minimum Gasteiger partial charge on any atom is -0.465 e. The summed E-state index contributed by atoms with van der Waals surface area (Å²) in [6.45, 7) is 5.90. The molecule has 0 saturated carbocycles. The number of methoxy groups -OCH3 is 1. The Morgan fingerprint density at radius 1 is 1.21 bits per heavy atom. The summed E-state index contributed by atoms with van der Waals surface area (Å²) in [5.74, 6) is -0.653. The van der Waals surface area contributed by atoms with Gasteiger partial charge in [0.05, 0.1) is 18.4 Å². The number of carbonyl (C=O) groups excluding carboxylic acids is 2. The maximum absolute atomic E-state index is 13.2. The van der Waals surface area contributed by atoms with E-state index in [0.717, 1.165) is 31.1 Å². The molecule has 0 spiro atoms. The maximum atomic E-state index is 13.2. The highest BCUT2D eigenvalue weighted by atomic mass is 32.2. The summed E-state index contributed by atoms with van der Waals surface area (Å²) in [5, 5.41) is 4.02. The highest BCUT2D eigenvalue weighted by Crippen LogP contribution is 2.29. The number of thiazole rings is 1. The van der Waals surface area contributed by atoms with Crippen molar-refractivity contribution in [3.63, 3.8) is 0 Å². The van der Waals surface area contributed by atoms with Gasteiger partial charge in [0.1, 0.15) is 4.70 Å².